The van der Waals surface area contributed by atoms with Crippen molar-refractivity contribution in [2.24, 2.45) is 0 Å². The number of amides is 1. The fourth-order valence-electron chi connectivity index (χ4n) is 2.91. The molecule has 0 atom stereocenters. The van der Waals surface area contributed by atoms with Crippen LogP contribution in [0.3, 0.4) is 0 Å². The summed E-state index contributed by atoms with van der Waals surface area (Å²) < 4.78 is 0. The number of aryl methyl sites for hydroxylation is 2. The third-order valence-electron chi connectivity index (χ3n) is 4.24. The third kappa shape index (κ3) is 3.84. The van der Waals surface area contributed by atoms with E-state index < -0.39 is 5.91 Å². The van der Waals surface area contributed by atoms with Crippen molar-refractivity contribution < 1.29 is 4.79 Å². The summed E-state index contributed by atoms with van der Waals surface area (Å²) in [6.07, 6.45) is 3.63. The SMILES string of the molecule is Cc1ccc(Cl)cc1NC(=O)/C(C#N)=C\N1CCCc2ccccc21. The molecule has 25 heavy (non-hydrogen) atoms. The van der Waals surface area contributed by atoms with Gasteiger partial charge in [-0.15, -0.1) is 0 Å². The average molecular weight is 352 g/mol. The number of fused-ring (bicyclic) bond motifs is 1. The molecule has 0 unspecified atom stereocenters. The quantitative estimate of drug-likeness (QED) is 0.656. The Morgan fingerprint density at radius 2 is 2.12 bits per heavy atom. The number of hydrogen-bond donors (Lipinski definition) is 1. The number of para-hydroxylation sites is 1. The number of nitrogens with zero attached hydrogens (tertiary/aromatic N) is 2. The van der Waals surface area contributed by atoms with Crippen LogP contribution in [0.15, 0.2) is 54.2 Å². The first-order valence-corrected chi connectivity index (χ1v) is 8.50. The molecule has 0 bridgehead atoms. The Morgan fingerprint density at radius 3 is 2.92 bits per heavy atom. The number of rotatable bonds is 3. The fraction of sp³-hybridized carbons (Fsp3) is 0.200. The lowest BCUT2D eigenvalue weighted by Crippen LogP contribution is -2.26. The van der Waals surface area contributed by atoms with Crippen LogP contribution < -0.4 is 10.2 Å². The zero-order valence-electron chi connectivity index (χ0n) is 13.9. The number of halogens is 1. The van der Waals surface area contributed by atoms with E-state index in [-0.39, 0.29) is 5.57 Å². The molecule has 4 nitrogen and oxygen atoms in total. The lowest BCUT2D eigenvalue weighted by atomic mass is 10.0. The molecule has 0 saturated carbocycles. The van der Waals surface area contributed by atoms with Gasteiger partial charge >= 0.3 is 0 Å². The lowest BCUT2D eigenvalue weighted by Gasteiger charge is -2.28. The first-order valence-electron chi connectivity index (χ1n) is 8.12. The molecule has 1 N–H and O–H groups in total. The molecule has 0 radical (unpaired) electrons. The van der Waals surface area contributed by atoms with E-state index in [1.54, 1.807) is 18.3 Å². The van der Waals surface area contributed by atoms with Crippen molar-refractivity contribution >= 4 is 28.9 Å². The molecule has 1 aliphatic rings. The molecule has 5 heteroatoms. The normalized spacial score (nSPS) is 13.8. The summed E-state index contributed by atoms with van der Waals surface area (Å²) in [6.45, 7) is 2.66. The summed E-state index contributed by atoms with van der Waals surface area (Å²) in [5.41, 5.74) is 3.84. The highest BCUT2D eigenvalue weighted by Crippen LogP contribution is 2.27. The maximum absolute atomic E-state index is 12.5. The Balaban J connectivity index is 1.85. The second kappa shape index (κ2) is 7.42. The minimum atomic E-state index is -0.434. The molecule has 126 valence electrons. The maximum atomic E-state index is 12.5. The summed E-state index contributed by atoms with van der Waals surface area (Å²) in [5.74, 6) is -0.434. The predicted molar refractivity (Wildman–Crippen MR) is 101 cm³/mol. The molecule has 0 spiro atoms. The van der Waals surface area contributed by atoms with E-state index in [1.807, 2.05) is 42.2 Å². The van der Waals surface area contributed by atoms with Gasteiger partial charge in [-0.2, -0.15) is 5.26 Å². The van der Waals surface area contributed by atoms with Crippen LogP contribution in [0.5, 0.6) is 0 Å². The summed E-state index contributed by atoms with van der Waals surface area (Å²) in [5, 5.41) is 12.8. The zero-order chi connectivity index (χ0) is 17.8. The Kier molecular flexibility index (Phi) is 5.06. The third-order valence-corrected chi connectivity index (χ3v) is 4.48. The van der Waals surface area contributed by atoms with Crippen molar-refractivity contribution in [3.05, 3.63) is 70.4 Å². The summed E-state index contributed by atoms with van der Waals surface area (Å²) in [6, 6.07) is 15.3. The van der Waals surface area contributed by atoms with Crippen LogP contribution in [-0.4, -0.2) is 12.5 Å². The fourth-order valence-corrected chi connectivity index (χ4v) is 3.08. The van der Waals surface area contributed by atoms with Crippen LogP contribution in [0.1, 0.15) is 17.5 Å². The van der Waals surface area contributed by atoms with Crippen LogP contribution in [0.4, 0.5) is 11.4 Å². The standard InChI is InChI=1S/C20H18ClN3O/c1-14-8-9-17(21)11-18(14)23-20(25)16(12-22)13-24-10-4-6-15-5-2-3-7-19(15)24/h2-3,5,7-9,11,13H,4,6,10H2,1H3,(H,23,25)/b16-13-. The largest absolute Gasteiger partial charge is 0.346 e. The molecule has 0 aliphatic carbocycles. The first kappa shape index (κ1) is 17.1. The smallest absolute Gasteiger partial charge is 0.267 e. The number of carbonyl (C=O) groups is 1. The van der Waals surface area contributed by atoms with Crippen molar-refractivity contribution in [1.29, 1.82) is 5.26 Å². The number of benzene rings is 2. The van der Waals surface area contributed by atoms with Crippen molar-refractivity contribution in [1.82, 2.24) is 0 Å². The molecule has 1 aliphatic heterocycles. The van der Waals surface area contributed by atoms with Gasteiger partial charge in [0, 0.05) is 29.1 Å². The second-order valence-corrected chi connectivity index (χ2v) is 6.43. The molecular weight excluding hydrogens is 334 g/mol. The molecule has 1 heterocycles. The van der Waals surface area contributed by atoms with E-state index in [0.717, 1.165) is 30.6 Å². The topological polar surface area (TPSA) is 56.1 Å². The van der Waals surface area contributed by atoms with E-state index in [4.69, 9.17) is 11.6 Å². The van der Waals surface area contributed by atoms with E-state index in [0.29, 0.717) is 10.7 Å². The number of nitriles is 1. The minimum absolute atomic E-state index is 0.0658. The Hall–Kier alpha value is -2.77. The van der Waals surface area contributed by atoms with E-state index >= 15 is 0 Å². The number of carbonyl (C=O) groups excluding carboxylic acids is 1. The lowest BCUT2D eigenvalue weighted by molar-refractivity contribution is -0.112. The molecule has 0 saturated heterocycles. The Morgan fingerprint density at radius 1 is 1.32 bits per heavy atom. The molecule has 0 aromatic heterocycles. The maximum Gasteiger partial charge on any atom is 0.267 e. The number of nitrogens with one attached hydrogen (secondary N) is 1. The highest BCUT2D eigenvalue weighted by molar-refractivity contribution is 6.31. The monoisotopic (exact) mass is 351 g/mol. The summed E-state index contributed by atoms with van der Waals surface area (Å²) in [7, 11) is 0. The van der Waals surface area contributed by atoms with Gasteiger partial charge in [0.05, 0.1) is 0 Å². The van der Waals surface area contributed by atoms with Crippen LogP contribution in [-0.2, 0) is 11.2 Å². The second-order valence-electron chi connectivity index (χ2n) is 5.99. The van der Waals surface area contributed by atoms with Gasteiger partial charge in [-0.1, -0.05) is 35.9 Å². The van der Waals surface area contributed by atoms with E-state index in [2.05, 4.69) is 11.4 Å². The Bertz CT molecular complexity index is 883. The highest BCUT2D eigenvalue weighted by Gasteiger charge is 2.18. The van der Waals surface area contributed by atoms with Gasteiger partial charge in [-0.25, -0.2) is 0 Å². The zero-order valence-corrected chi connectivity index (χ0v) is 14.7. The highest BCUT2D eigenvalue weighted by atomic mass is 35.5. The van der Waals surface area contributed by atoms with Gasteiger partial charge < -0.3 is 10.2 Å². The van der Waals surface area contributed by atoms with Crippen molar-refractivity contribution in [3.8, 4) is 6.07 Å². The van der Waals surface area contributed by atoms with Crippen molar-refractivity contribution in [3.63, 3.8) is 0 Å². The minimum Gasteiger partial charge on any atom is -0.346 e. The molecular formula is C20H18ClN3O. The van der Waals surface area contributed by atoms with Crippen LogP contribution in [0.2, 0.25) is 5.02 Å². The summed E-state index contributed by atoms with van der Waals surface area (Å²) in [4.78, 5) is 14.5. The predicted octanol–water partition coefficient (Wildman–Crippen LogP) is 4.45. The molecule has 2 aromatic rings. The van der Waals surface area contributed by atoms with Crippen LogP contribution >= 0.6 is 11.6 Å². The average Bonchev–Trinajstić information content (AvgIpc) is 2.62. The molecule has 2 aromatic carbocycles. The molecule has 1 amide bonds. The van der Waals surface area contributed by atoms with Gasteiger partial charge in [0.2, 0.25) is 0 Å². The molecule has 0 fully saturated rings. The van der Waals surface area contributed by atoms with Crippen molar-refractivity contribution in [2.75, 3.05) is 16.8 Å². The van der Waals surface area contributed by atoms with Gasteiger partial charge in [0.25, 0.3) is 5.91 Å². The summed E-state index contributed by atoms with van der Waals surface area (Å²) >= 11 is 5.99. The van der Waals surface area contributed by atoms with Gasteiger partial charge in [-0.05, 0) is 49.1 Å². The first-order chi connectivity index (χ1) is 12.1. The van der Waals surface area contributed by atoms with Crippen LogP contribution in [0.25, 0.3) is 0 Å². The van der Waals surface area contributed by atoms with E-state index in [1.165, 1.54) is 5.56 Å². The molecule has 3 rings (SSSR count). The van der Waals surface area contributed by atoms with Crippen LogP contribution in [0, 0.1) is 18.3 Å². The van der Waals surface area contributed by atoms with Crippen molar-refractivity contribution in [2.45, 2.75) is 19.8 Å². The Labute approximate surface area is 152 Å². The number of anilines is 2. The van der Waals surface area contributed by atoms with Gasteiger partial charge in [-0.3, -0.25) is 4.79 Å². The number of hydrogen-bond acceptors (Lipinski definition) is 3. The van der Waals surface area contributed by atoms with E-state index in [9.17, 15) is 10.1 Å². The van der Waals surface area contributed by atoms with Gasteiger partial charge in [0.1, 0.15) is 11.6 Å². The van der Waals surface area contributed by atoms with Gasteiger partial charge in [0.15, 0.2) is 0 Å².